The average molecular weight is 408 g/mol. The van der Waals surface area contributed by atoms with E-state index in [2.05, 4.69) is 0 Å². The molecule has 0 heterocycles. The quantitative estimate of drug-likeness (QED) is 0.442. The van der Waals surface area contributed by atoms with E-state index in [1.807, 2.05) is 24.3 Å². The lowest BCUT2D eigenvalue weighted by Crippen LogP contribution is -2.30. The van der Waals surface area contributed by atoms with Crippen molar-refractivity contribution >= 4 is 15.7 Å². The van der Waals surface area contributed by atoms with Gasteiger partial charge in [-0.1, -0.05) is 26.0 Å². The molecule has 0 saturated heterocycles. The van der Waals surface area contributed by atoms with Crippen molar-refractivity contribution in [3.8, 4) is 11.5 Å². The highest BCUT2D eigenvalue weighted by molar-refractivity contribution is 7.89. The first-order valence-corrected chi connectivity index (χ1v) is 10.3. The number of hydrogen-bond acceptors (Lipinski definition) is 6. The summed E-state index contributed by atoms with van der Waals surface area (Å²) in [5, 5.41) is 11.4. The Kier molecular flexibility index (Phi) is 7.36. The standard InChI is InChI=1S/C19H24N2O6S/c1-4-20(5-2)28(24,25)17-10-11-19(18(14-17)21(22)23)27-13-12-15-6-8-16(26-3)9-7-15/h6-11,14H,4-5,12-13H2,1-3H3. The second-order valence-electron chi connectivity index (χ2n) is 5.92. The molecule has 0 atom stereocenters. The molecule has 2 aromatic rings. The molecule has 28 heavy (non-hydrogen) atoms. The van der Waals surface area contributed by atoms with Gasteiger partial charge in [0.1, 0.15) is 5.75 Å². The van der Waals surface area contributed by atoms with Gasteiger partial charge >= 0.3 is 5.69 Å². The highest BCUT2D eigenvalue weighted by atomic mass is 32.2. The van der Waals surface area contributed by atoms with E-state index in [-0.39, 0.29) is 36.0 Å². The van der Waals surface area contributed by atoms with Crippen LogP contribution in [0.25, 0.3) is 0 Å². The Morgan fingerprint density at radius 2 is 1.71 bits per heavy atom. The topological polar surface area (TPSA) is 99.0 Å². The monoisotopic (exact) mass is 408 g/mol. The first kappa shape index (κ1) is 21.6. The van der Waals surface area contributed by atoms with Gasteiger partial charge in [-0.15, -0.1) is 0 Å². The molecule has 2 rings (SSSR count). The maximum Gasteiger partial charge on any atom is 0.312 e. The van der Waals surface area contributed by atoms with Crippen LogP contribution in [0.15, 0.2) is 47.4 Å². The van der Waals surface area contributed by atoms with Crippen molar-refractivity contribution in [2.45, 2.75) is 25.2 Å². The molecule has 0 radical (unpaired) electrons. The highest BCUT2D eigenvalue weighted by Crippen LogP contribution is 2.31. The molecule has 9 heteroatoms. The fourth-order valence-corrected chi connectivity index (χ4v) is 4.18. The summed E-state index contributed by atoms with van der Waals surface area (Å²) in [7, 11) is -2.20. The zero-order chi connectivity index (χ0) is 20.7. The zero-order valence-electron chi connectivity index (χ0n) is 16.1. The lowest BCUT2D eigenvalue weighted by Gasteiger charge is -2.18. The number of sulfonamides is 1. The third kappa shape index (κ3) is 4.99. The molecule has 0 aliphatic heterocycles. The van der Waals surface area contributed by atoms with Crippen LogP contribution in [0.5, 0.6) is 11.5 Å². The third-order valence-electron chi connectivity index (χ3n) is 4.28. The Labute approximate surface area is 164 Å². The molecule has 2 aromatic carbocycles. The molecule has 152 valence electrons. The predicted octanol–water partition coefficient (Wildman–Crippen LogP) is 3.26. The third-order valence-corrected chi connectivity index (χ3v) is 6.32. The van der Waals surface area contributed by atoms with Crippen molar-refractivity contribution < 1.29 is 22.8 Å². The van der Waals surface area contributed by atoms with E-state index in [4.69, 9.17) is 9.47 Å². The number of methoxy groups -OCH3 is 1. The van der Waals surface area contributed by atoms with Gasteiger partial charge in [-0.2, -0.15) is 4.31 Å². The fourth-order valence-electron chi connectivity index (χ4n) is 2.71. The maximum absolute atomic E-state index is 12.6. The molecule has 0 N–H and O–H groups in total. The number of ether oxygens (including phenoxy) is 2. The zero-order valence-corrected chi connectivity index (χ0v) is 16.9. The summed E-state index contributed by atoms with van der Waals surface area (Å²) in [5.74, 6) is 0.780. The smallest absolute Gasteiger partial charge is 0.312 e. The minimum Gasteiger partial charge on any atom is -0.497 e. The van der Waals surface area contributed by atoms with Gasteiger partial charge in [0, 0.05) is 25.6 Å². The Morgan fingerprint density at radius 1 is 1.07 bits per heavy atom. The molecule has 0 aliphatic carbocycles. The Balaban J connectivity index is 2.17. The van der Waals surface area contributed by atoms with Gasteiger partial charge in [0.15, 0.2) is 5.75 Å². The summed E-state index contributed by atoms with van der Waals surface area (Å²) in [4.78, 5) is 10.7. The van der Waals surface area contributed by atoms with Gasteiger partial charge in [-0.3, -0.25) is 10.1 Å². The molecule has 0 aromatic heterocycles. The van der Waals surface area contributed by atoms with Crippen molar-refractivity contribution in [3.05, 3.63) is 58.1 Å². The molecule has 0 bridgehead atoms. The van der Waals surface area contributed by atoms with Gasteiger partial charge in [0.05, 0.1) is 23.5 Å². The maximum atomic E-state index is 12.6. The largest absolute Gasteiger partial charge is 0.497 e. The molecule has 0 aliphatic rings. The second kappa shape index (κ2) is 9.52. The summed E-state index contributed by atoms with van der Waals surface area (Å²) in [6, 6.07) is 11.1. The van der Waals surface area contributed by atoms with E-state index < -0.39 is 14.9 Å². The number of benzene rings is 2. The SMILES string of the molecule is CCN(CC)S(=O)(=O)c1ccc(OCCc2ccc(OC)cc2)c([N+](=O)[O-])c1. The number of rotatable bonds is 10. The van der Waals surface area contributed by atoms with Gasteiger partial charge in [-0.05, 0) is 29.8 Å². The predicted molar refractivity (Wildman–Crippen MR) is 105 cm³/mol. The summed E-state index contributed by atoms with van der Waals surface area (Å²) in [6.45, 7) is 4.22. The van der Waals surface area contributed by atoms with E-state index in [1.54, 1.807) is 21.0 Å². The molecule has 0 spiro atoms. The molecule has 0 amide bonds. The first-order chi connectivity index (χ1) is 13.3. The average Bonchev–Trinajstić information content (AvgIpc) is 2.69. The summed E-state index contributed by atoms with van der Waals surface area (Å²) in [6.07, 6.45) is 0.542. The van der Waals surface area contributed by atoms with Gasteiger partial charge in [0.25, 0.3) is 0 Å². The Morgan fingerprint density at radius 3 is 2.25 bits per heavy atom. The fraction of sp³-hybridized carbons (Fsp3) is 0.368. The highest BCUT2D eigenvalue weighted by Gasteiger charge is 2.26. The number of hydrogen-bond donors (Lipinski definition) is 0. The van der Waals surface area contributed by atoms with E-state index in [0.29, 0.717) is 6.42 Å². The van der Waals surface area contributed by atoms with Gasteiger partial charge in [0.2, 0.25) is 10.0 Å². The van der Waals surface area contributed by atoms with Crippen LogP contribution >= 0.6 is 0 Å². The normalized spacial score (nSPS) is 11.4. The van der Waals surface area contributed by atoms with Crippen molar-refractivity contribution in [1.82, 2.24) is 4.31 Å². The van der Waals surface area contributed by atoms with Crippen molar-refractivity contribution in [1.29, 1.82) is 0 Å². The molecule has 0 fully saturated rings. The summed E-state index contributed by atoms with van der Waals surface area (Å²) in [5.41, 5.74) is 0.618. The lowest BCUT2D eigenvalue weighted by molar-refractivity contribution is -0.386. The second-order valence-corrected chi connectivity index (χ2v) is 7.86. The Hall–Kier alpha value is -2.65. The van der Waals surface area contributed by atoms with Crippen molar-refractivity contribution in [3.63, 3.8) is 0 Å². The molecule has 0 saturated carbocycles. The van der Waals surface area contributed by atoms with Crippen LogP contribution < -0.4 is 9.47 Å². The van der Waals surface area contributed by atoms with Crippen LogP contribution in [0.1, 0.15) is 19.4 Å². The number of nitro benzene ring substituents is 1. The number of nitro groups is 1. The minimum atomic E-state index is -3.78. The van der Waals surface area contributed by atoms with E-state index >= 15 is 0 Å². The van der Waals surface area contributed by atoms with Crippen LogP contribution in [-0.4, -0.2) is 44.5 Å². The van der Waals surface area contributed by atoms with Gasteiger partial charge in [-0.25, -0.2) is 8.42 Å². The van der Waals surface area contributed by atoms with E-state index in [9.17, 15) is 18.5 Å². The van der Waals surface area contributed by atoms with Crippen LogP contribution in [0.3, 0.4) is 0 Å². The minimum absolute atomic E-state index is 0.0389. The van der Waals surface area contributed by atoms with Crippen LogP contribution in [0, 0.1) is 10.1 Å². The summed E-state index contributed by atoms with van der Waals surface area (Å²) >= 11 is 0. The van der Waals surface area contributed by atoms with E-state index in [1.165, 1.54) is 16.4 Å². The Bertz CT molecular complexity index is 909. The molecular weight excluding hydrogens is 384 g/mol. The van der Waals surface area contributed by atoms with Crippen molar-refractivity contribution in [2.24, 2.45) is 0 Å². The summed E-state index contributed by atoms with van der Waals surface area (Å²) < 4.78 is 37.1. The van der Waals surface area contributed by atoms with Crippen molar-refractivity contribution in [2.75, 3.05) is 26.8 Å². The van der Waals surface area contributed by atoms with Gasteiger partial charge < -0.3 is 9.47 Å². The first-order valence-electron chi connectivity index (χ1n) is 8.87. The van der Waals surface area contributed by atoms with Crippen LogP contribution in [0.2, 0.25) is 0 Å². The molecular formula is C19H24N2O6S. The van der Waals surface area contributed by atoms with E-state index in [0.717, 1.165) is 17.4 Å². The molecule has 0 unspecified atom stereocenters. The number of nitrogens with zero attached hydrogens (tertiary/aromatic N) is 2. The van der Waals surface area contributed by atoms with Crippen LogP contribution in [0.4, 0.5) is 5.69 Å². The van der Waals surface area contributed by atoms with Crippen LogP contribution in [-0.2, 0) is 16.4 Å². The molecule has 8 nitrogen and oxygen atoms in total. The lowest BCUT2D eigenvalue weighted by atomic mass is 10.1.